The molecule has 0 unspecified atom stereocenters. The Morgan fingerprint density at radius 3 is 2.59 bits per heavy atom. The molecule has 0 bridgehead atoms. The number of benzene rings is 2. The van der Waals surface area contributed by atoms with Crippen LogP contribution in [-0.2, 0) is 6.54 Å². The predicted molar refractivity (Wildman–Crippen MR) is 69.2 cm³/mol. The van der Waals surface area contributed by atoms with Crippen molar-refractivity contribution in [2.75, 3.05) is 0 Å². The van der Waals surface area contributed by atoms with Gasteiger partial charge in [0.25, 0.3) is 0 Å². The van der Waals surface area contributed by atoms with Crippen molar-refractivity contribution < 1.29 is 9.67 Å². The van der Waals surface area contributed by atoms with Crippen LogP contribution in [0.1, 0.15) is 5.56 Å². The van der Waals surface area contributed by atoms with Gasteiger partial charge in [0.2, 0.25) is 11.0 Å². The molecule has 1 aromatic heterocycles. The number of phenols is 1. The van der Waals surface area contributed by atoms with Gasteiger partial charge < -0.3 is 5.11 Å². The number of aromatic hydroxyl groups is 1. The summed E-state index contributed by atoms with van der Waals surface area (Å²) >= 11 is 1.75. The van der Waals surface area contributed by atoms with Crippen LogP contribution in [0.2, 0.25) is 0 Å². The van der Waals surface area contributed by atoms with E-state index in [9.17, 15) is 5.11 Å². The lowest BCUT2D eigenvalue weighted by Crippen LogP contribution is -2.31. The molecule has 17 heavy (non-hydrogen) atoms. The molecule has 0 spiro atoms. The number of phenolic OH excluding ortho intramolecular Hbond substituents is 1. The number of para-hydroxylation sites is 1. The Labute approximate surface area is 103 Å². The van der Waals surface area contributed by atoms with Crippen LogP contribution in [0.4, 0.5) is 0 Å². The van der Waals surface area contributed by atoms with Crippen LogP contribution < -0.4 is 4.57 Å². The van der Waals surface area contributed by atoms with Crippen molar-refractivity contribution in [2.24, 2.45) is 0 Å². The summed E-state index contributed by atoms with van der Waals surface area (Å²) in [4.78, 5) is 0. The molecule has 1 N–H and O–H groups in total. The minimum atomic E-state index is 0.314. The fourth-order valence-electron chi connectivity index (χ4n) is 1.89. The third-order valence-corrected chi connectivity index (χ3v) is 3.73. The van der Waals surface area contributed by atoms with E-state index in [-0.39, 0.29) is 0 Å². The van der Waals surface area contributed by atoms with Gasteiger partial charge in [-0.3, -0.25) is 0 Å². The molecule has 3 heteroatoms. The summed E-state index contributed by atoms with van der Waals surface area (Å²) in [6.07, 6.45) is 0. The molecule has 0 amide bonds. The third kappa shape index (κ3) is 2.01. The number of thiazole rings is 1. The largest absolute Gasteiger partial charge is 0.508 e. The summed E-state index contributed by atoms with van der Waals surface area (Å²) < 4.78 is 3.53. The third-order valence-electron chi connectivity index (χ3n) is 2.77. The number of fused-ring (bicyclic) bond motifs is 1. The molecule has 0 aliphatic rings. The van der Waals surface area contributed by atoms with Gasteiger partial charge in [-0.05, 0) is 30.3 Å². The minimum Gasteiger partial charge on any atom is -0.508 e. The highest BCUT2D eigenvalue weighted by molar-refractivity contribution is 7.16. The van der Waals surface area contributed by atoms with Gasteiger partial charge in [-0.15, -0.1) is 0 Å². The molecule has 0 saturated carbocycles. The maximum Gasteiger partial charge on any atom is 0.226 e. The Hall–Kier alpha value is -1.87. The van der Waals surface area contributed by atoms with E-state index in [1.165, 1.54) is 15.8 Å². The molecule has 2 nitrogen and oxygen atoms in total. The second-order valence-electron chi connectivity index (χ2n) is 3.99. The zero-order chi connectivity index (χ0) is 11.7. The first-order valence-corrected chi connectivity index (χ1v) is 6.34. The van der Waals surface area contributed by atoms with Crippen molar-refractivity contribution in [2.45, 2.75) is 6.54 Å². The Morgan fingerprint density at radius 1 is 1.00 bits per heavy atom. The summed E-state index contributed by atoms with van der Waals surface area (Å²) in [7, 11) is 0. The van der Waals surface area contributed by atoms with Gasteiger partial charge in [-0.25, -0.2) is 0 Å². The molecule has 2 aromatic carbocycles. The number of hydrogen-bond acceptors (Lipinski definition) is 2. The average Bonchev–Trinajstić information content (AvgIpc) is 2.76. The predicted octanol–water partition coefficient (Wildman–Crippen LogP) is 2.94. The van der Waals surface area contributed by atoms with Gasteiger partial charge in [-0.2, -0.15) is 4.57 Å². The number of rotatable bonds is 2. The molecule has 0 aliphatic heterocycles. The fourth-order valence-corrected chi connectivity index (χ4v) is 2.78. The zero-order valence-electron chi connectivity index (χ0n) is 9.21. The van der Waals surface area contributed by atoms with E-state index in [1.54, 1.807) is 23.5 Å². The van der Waals surface area contributed by atoms with Crippen molar-refractivity contribution in [3.05, 3.63) is 59.6 Å². The quantitative estimate of drug-likeness (QED) is 0.686. The normalized spacial score (nSPS) is 10.8. The summed E-state index contributed by atoms with van der Waals surface area (Å²) in [6.45, 7) is 0.838. The standard InChI is InChI=1S/C14H11NOS/c16-12-7-5-11(6-8-12)9-15-10-17-14-4-2-1-3-13(14)15/h1-8,10H,9H2/p+1. The van der Waals surface area contributed by atoms with Gasteiger partial charge in [-0.1, -0.05) is 23.5 Å². The van der Waals surface area contributed by atoms with Gasteiger partial charge >= 0.3 is 0 Å². The van der Waals surface area contributed by atoms with Gasteiger partial charge in [0.05, 0.1) is 0 Å². The lowest BCUT2D eigenvalue weighted by molar-refractivity contribution is -0.658. The SMILES string of the molecule is Oc1ccc(C[n+]2csc3ccccc32)cc1. The van der Waals surface area contributed by atoms with Crippen LogP contribution in [0.3, 0.4) is 0 Å². The van der Waals surface area contributed by atoms with E-state index >= 15 is 0 Å². The highest BCUT2D eigenvalue weighted by atomic mass is 32.1. The lowest BCUT2D eigenvalue weighted by Gasteiger charge is -1.96. The number of aromatic nitrogens is 1. The Bertz CT molecular complexity index is 643. The Morgan fingerprint density at radius 2 is 1.76 bits per heavy atom. The first-order chi connectivity index (χ1) is 8.33. The molecule has 1 heterocycles. The van der Waals surface area contributed by atoms with Crippen molar-refractivity contribution in [3.8, 4) is 5.75 Å². The summed E-state index contributed by atoms with van der Waals surface area (Å²) in [5, 5.41) is 9.25. The van der Waals surface area contributed by atoms with Crippen molar-refractivity contribution in [3.63, 3.8) is 0 Å². The first kappa shape index (κ1) is 10.3. The zero-order valence-corrected chi connectivity index (χ0v) is 10.0. The molecule has 84 valence electrons. The molecule has 3 aromatic rings. The van der Waals surface area contributed by atoms with Crippen LogP contribution in [0.5, 0.6) is 5.75 Å². The fraction of sp³-hybridized carbons (Fsp3) is 0.0714. The molecule has 0 saturated heterocycles. The molecule has 0 radical (unpaired) electrons. The molecule has 0 aliphatic carbocycles. The van der Waals surface area contributed by atoms with Crippen LogP contribution in [0.15, 0.2) is 54.0 Å². The van der Waals surface area contributed by atoms with Crippen LogP contribution >= 0.6 is 11.3 Å². The van der Waals surface area contributed by atoms with E-state index in [1.807, 2.05) is 12.1 Å². The van der Waals surface area contributed by atoms with E-state index in [2.05, 4.69) is 34.3 Å². The summed E-state index contributed by atoms with van der Waals surface area (Å²) in [6, 6.07) is 15.7. The van der Waals surface area contributed by atoms with Crippen molar-refractivity contribution >= 4 is 21.6 Å². The topological polar surface area (TPSA) is 24.1 Å². The molecular weight excluding hydrogens is 230 g/mol. The van der Waals surface area contributed by atoms with Crippen LogP contribution in [0, 0.1) is 0 Å². The van der Waals surface area contributed by atoms with Crippen LogP contribution in [0.25, 0.3) is 10.2 Å². The maximum absolute atomic E-state index is 9.25. The van der Waals surface area contributed by atoms with E-state index < -0.39 is 0 Å². The van der Waals surface area contributed by atoms with Gasteiger partial charge in [0.15, 0.2) is 6.54 Å². The second-order valence-corrected chi connectivity index (χ2v) is 4.87. The molecule has 3 rings (SSSR count). The number of hydrogen-bond donors (Lipinski definition) is 1. The summed E-state index contributed by atoms with van der Waals surface area (Å²) in [5.74, 6) is 0.314. The second kappa shape index (κ2) is 4.18. The highest BCUT2D eigenvalue weighted by Gasteiger charge is 2.11. The van der Waals surface area contributed by atoms with Crippen molar-refractivity contribution in [1.29, 1.82) is 0 Å². The Balaban J connectivity index is 1.97. The smallest absolute Gasteiger partial charge is 0.226 e. The lowest BCUT2D eigenvalue weighted by atomic mass is 10.2. The maximum atomic E-state index is 9.25. The summed E-state index contributed by atoms with van der Waals surface area (Å²) in [5.41, 5.74) is 4.58. The van der Waals surface area contributed by atoms with Crippen LogP contribution in [-0.4, -0.2) is 5.11 Å². The highest BCUT2D eigenvalue weighted by Crippen LogP contribution is 2.16. The molecule has 0 atom stereocenters. The van der Waals surface area contributed by atoms with E-state index in [4.69, 9.17) is 0 Å². The molecule has 0 fully saturated rings. The minimum absolute atomic E-state index is 0.314. The van der Waals surface area contributed by atoms with Gasteiger partial charge in [0, 0.05) is 11.6 Å². The van der Waals surface area contributed by atoms with Gasteiger partial charge in [0.1, 0.15) is 10.4 Å². The molecular formula is C14H12NOS+. The van der Waals surface area contributed by atoms with Crippen molar-refractivity contribution in [1.82, 2.24) is 0 Å². The monoisotopic (exact) mass is 242 g/mol. The average molecular weight is 242 g/mol. The number of nitrogens with zero attached hydrogens (tertiary/aromatic N) is 1. The first-order valence-electron chi connectivity index (χ1n) is 5.46. The van der Waals surface area contributed by atoms with E-state index in [0.717, 1.165) is 6.54 Å². The Kier molecular flexibility index (Phi) is 2.53. The van der Waals surface area contributed by atoms with E-state index in [0.29, 0.717) is 5.75 Å².